The summed E-state index contributed by atoms with van der Waals surface area (Å²) in [7, 11) is 4.13. The molecule has 5 rings (SSSR count). The Bertz CT molecular complexity index is 1440. The second-order valence-electron chi connectivity index (χ2n) is 10.4. The third-order valence-electron chi connectivity index (χ3n) is 8.08. The SMILES string of the molecule is Cc1cc(-c2cc(=O)n3cc(C4CCN(C)C(C)(C)C4C)cc(C)c3n2)cc2cn(C)nc12. The number of hydrogen-bond donors (Lipinski definition) is 0. The van der Waals surface area contributed by atoms with E-state index >= 15 is 0 Å². The monoisotopic (exact) mass is 443 g/mol. The van der Waals surface area contributed by atoms with Gasteiger partial charge in [0, 0.05) is 42.0 Å². The normalized spacial score (nSPS) is 21.2. The highest BCUT2D eigenvalue weighted by Crippen LogP contribution is 2.42. The zero-order chi connectivity index (χ0) is 23.7. The molecule has 1 aliphatic heterocycles. The number of nitrogens with zero attached hydrogens (tertiary/aromatic N) is 5. The Hall–Kier alpha value is -2.99. The molecule has 4 aromatic rings. The van der Waals surface area contributed by atoms with Gasteiger partial charge in [-0.05, 0) is 88.4 Å². The molecule has 4 heterocycles. The third-order valence-corrected chi connectivity index (χ3v) is 8.08. The van der Waals surface area contributed by atoms with Crippen LogP contribution in [0.2, 0.25) is 0 Å². The third kappa shape index (κ3) is 3.48. The molecule has 0 radical (unpaired) electrons. The van der Waals surface area contributed by atoms with E-state index in [4.69, 9.17) is 4.98 Å². The summed E-state index contributed by atoms with van der Waals surface area (Å²) in [4.78, 5) is 20.7. The summed E-state index contributed by atoms with van der Waals surface area (Å²) in [5.74, 6) is 0.895. The number of aromatic nitrogens is 4. The molecular weight excluding hydrogens is 410 g/mol. The number of benzene rings is 1. The van der Waals surface area contributed by atoms with Gasteiger partial charge in [0.05, 0.1) is 11.2 Å². The van der Waals surface area contributed by atoms with Crippen LogP contribution in [-0.4, -0.2) is 43.2 Å². The van der Waals surface area contributed by atoms with Crippen molar-refractivity contribution in [1.29, 1.82) is 0 Å². The van der Waals surface area contributed by atoms with E-state index in [0.29, 0.717) is 17.5 Å². The molecule has 33 heavy (non-hydrogen) atoms. The zero-order valence-corrected chi connectivity index (χ0v) is 20.7. The molecule has 0 spiro atoms. The first kappa shape index (κ1) is 21.8. The van der Waals surface area contributed by atoms with Gasteiger partial charge in [-0.25, -0.2) is 4.98 Å². The Morgan fingerprint density at radius 2 is 1.79 bits per heavy atom. The maximum Gasteiger partial charge on any atom is 0.258 e. The summed E-state index contributed by atoms with van der Waals surface area (Å²) < 4.78 is 3.56. The van der Waals surface area contributed by atoms with Crippen LogP contribution < -0.4 is 5.56 Å². The highest BCUT2D eigenvalue weighted by molar-refractivity contribution is 5.86. The molecule has 1 saturated heterocycles. The maximum atomic E-state index is 13.3. The average molecular weight is 444 g/mol. The fourth-order valence-electron chi connectivity index (χ4n) is 5.49. The van der Waals surface area contributed by atoms with Crippen molar-refractivity contribution in [2.24, 2.45) is 13.0 Å². The van der Waals surface area contributed by atoms with Gasteiger partial charge in [-0.15, -0.1) is 0 Å². The van der Waals surface area contributed by atoms with Crippen molar-refractivity contribution in [3.63, 3.8) is 0 Å². The number of likely N-dealkylation sites (tertiary alicyclic amines) is 1. The van der Waals surface area contributed by atoms with Gasteiger partial charge in [0.15, 0.2) is 0 Å². The molecule has 0 bridgehead atoms. The molecule has 3 aromatic heterocycles. The molecule has 1 aromatic carbocycles. The molecule has 6 nitrogen and oxygen atoms in total. The lowest BCUT2D eigenvalue weighted by Gasteiger charge is -2.49. The number of aryl methyl sites for hydroxylation is 3. The first-order valence-electron chi connectivity index (χ1n) is 11.8. The molecule has 2 atom stereocenters. The summed E-state index contributed by atoms with van der Waals surface area (Å²) >= 11 is 0. The largest absolute Gasteiger partial charge is 0.301 e. The van der Waals surface area contributed by atoms with Gasteiger partial charge in [-0.1, -0.05) is 13.0 Å². The summed E-state index contributed by atoms with van der Waals surface area (Å²) in [6.45, 7) is 12.1. The van der Waals surface area contributed by atoms with Crippen molar-refractivity contribution >= 4 is 16.6 Å². The van der Waals surface area contributed by atoms with Crippen LogP contribution in [0.1, 0.15) is 49.8 Å². The Morgan fingerprint density at radius 1 is 1.03 bits per heavy atom. The molecule has 1 aliphatic rings. The van der Waals surface area contributed by atoms with Crippen LogP contribution in [0.25, 0.3) is 27.8 Å². The van der Waals surface area contributed by atoms with Gasteiger partial charge in [-0.3, -0.25) is 13.9 Å². The fourth-order valence-corrected chi connectivity index (χ4v) is 5.49. The van der Waals surface area contributed by atoms with Gasteiger partial charge in [-0.2, -0.15) is 5.10 Å². The highest BCUT2D eigenvalue weighted by atomic mass is 16.1. The summed E-state index contributed by atoms with van der Waals surface area (Å²) in [5, 5.41) is 5.59. The van der Waals surface area contributed by atoms with E-state index in [0.717, 1.165) is 46.2 Å². The lowest BCUT2D eigenvalue weighted by atomic mass is 9.71. The molecule has 2 unspecified atom stereocenters. The maximum absolute atomic E-state index is 13.3. The van der Waals surface area contributed by atoms with Crippen LogP contribution in [-0.2, 0) is 7.05 Å². The van der Waals surface area contributed by atoms with Crippen LogP contribution >= 0.6 is 0 Å². The quantitative estimate of drug-likeness (QED) is 0.451. The van der Waals surface area contributed by atoms with Gasteiger partial charge in [0.25, 0.3) is 5.56 Å². The van der Waals surface area contributed by atoms with Crippen LogP contribution in [0.3, 0.4) is 0 Å². The Morgan fingerprint density at radius 3 is 2.55 bits per heavy atom. The van der Waals surface area contributed by atoms with Gasteiger partial charge in [0.1, 0.15) is 5.65 Å². The molecule has 0 aliphatic carbocycles. The lowest BCUT2D eigenvalue weighted by molar-refractivity contribution is 0.0385. The van der Waals surface area contributed by atoms with Crippen molar-refractivity contribution < 1.29 is 0 Å². The second-order valence-corrected chi connectivity index (χ2v) is 10.4. The molecule has 0 N–H and O–H groups in total. The van der Waals surface area contributed by atoms with E-state index in [9.17, 15) is 4.79 Å². The zero-order valence-electron chi connectivity index (χ0n) is 20.7. The van der Waals surface area contributed by atoms with Crippen molar-refractivity contribution in [2.45, 2.75) is 52.5 Å². The van der Waals surface area contributed by atoms with Crippen molar-refractivity contribution in [3.05, 3.63) is 63.7 Å². The smallest absolute Gasteiger partial charge is 0.258 e. The topological polar surface area (TPSA) is 55.4 Å². The molecular formula is C27H33N5O. The lowest BCUT2D eigenvalue weighted by Crippen LogP contribution is -2.52. The van der Waals surface area contributed by atoms with Crippen LogP contribution in [0, 0.1) is 19.8 Å². The van der Waals surface area contributed by atoms with E-state index in [1.54, 1.807) is 10.5 Å². The minimum absolute atomic E-state index is 0.0382. The second kappa shape index (κ2) is 7.52. The minimum Gasteiger partial charge on any atom is -0.301 e. The fraction of sp³-hybridized carbons (Fsp3) is 0.444. The molecule has 0 saturated carbocycles. The summed E-state index contributed by atoms with van der Waals surface area (Å²) in [5.41, 5.74) is 6.79. The van der Waals surface area contributed by atoms with Crippen molar-refractivity contribution in [2.75, 3.05) is 13.6 Å². The van der Waals surface area contributed by atoms with E-state index in [2.05, 4.69) is 69.9 Å². The average Bonchev–Trinajstić information content (AvgIpc) is 3.14. The Labute approximate surface area is 194 Å². The Balaban J connectivity index is 1.61. The van der Waals surface area contributed by atoms with Crippen LogP contribution in [0.15, 0.2) is 41.5 Å². The molecule has 0 amide bonds. The number of piperidine rings is 1. The molecule has 172 valence electrons. The number of pyridine rings is 1. The van der Waals surface area contributed by atoms with Crippen molar-refractivity contribution in [1.82, 2.24) is 24.1 Å². The summed E-state index contributed by atoms with van der Waals surface area (Å²) in [6, 6.07) is 8.04. The molecule has 6 heteroatoms. The highest BCUT2D eigenvalue weighted by Gasteiger charge is 2.40. The Kier molecular flexibility index (Phi) is 4.98. The first-order valence-corrected chi connectivity index (χ1v) is 11.8. The standard InChI is InChI=1S/C27H33N5O/c1-16-10-19(12-21-14-31(7)29-25(16)21)23-13-24(33)32-15-20(11-17(2)26(32)28-23)22-8-9-30(6)27(4,5)18(22)3/h10-15,18,22H,8-9H2,1-7H3. The minimum atomic E-state index is -0.0382. The molecule has 1 fully saturated rings. The van der Waals surface area contributed by atoms with Gasteiger partial charge >= 0.3 is 0 Å². The first-order chi connectivity index (χ1) is 15.6. The number of hydrogen-bond acceptors (Lipinski definition) is 4. The van der Waals surface area contributed by atoms with Crippen molar-refractivity contribution in [3.8, 4) is 11.3 Å². The van der Waals surface area contributed by atoms with E-state index < -0.39 is 0 Å². The van der Waals surface area contributed by atoms with Crippen LogP contribution in [0.5, 0.6) is 0 Å². The van der Waals surface area contributed by atoms with Gasteiger partial charge < -0.3 is 4.90 Å². The number of rotatable bonds is 2. The van der Waals surface area contributed by atoms with Crippen LogP contribution in [0.4, 0.5) is 0 Å². The van der Waals surface area contributed by atoms with E-state index in [-0.39, 0.29) is 11.1 Å². The van der Waals surface area contributed by atoms with E-state index in [1.165, 1.54) is 5.56 Å². The predicted octanol–water partition coefficient (Wildman–Crippen LogP) is 4.70. The van der Waals surface area contributed by atoms with E-state index in [1.807, 2.05) is 24.1 Å². The summed E-state index contributed by atoms with van der Waals surface area (Å²) in [6.07, 6.45) is 5.12. The predicted molar refractivity (Wildman–Crippen MR) is 134 cm³/mol. The number of fused-ring (bicyclic) bond motifs is 2. The van der Waals surface area contributed by atoms with Gasteiger partial charge in [0.2, 0.25) is 0 Å².